The number of hydrazone groups is 1. The van der Waals surface area contributed by atoms with Gasteiger partial charge in [0.2, 0.25) is 0 Å². The second-order valence-corrected chi connectivity index (χ2v) is 3.14. The molecule has 0 aromatic carbocycles. The van der Waals surface area contributed by atoms with Crippen LogP contribution in [0.2, 0.25) is 0 Å². The van der Waals surface area contributed by atoms with Crippen molar-refractivity contribution in [2.75, 3.05) is 6.54 Å². The summed E-state index contributed by atoms with van der Waals surface area (Å²) in [4.78, 5) is 2.20. The topological polar surface area (TPSA) is 27.6 Å². The molecule has 0 saturated heterocycles. The highest BCUT2D eigenvalue weighted by molar-refractivity contribution is 5.56. The van der Waals surface area contributed by atoms with E-state index in [-0.39, 0.29) is 0 Å². The van der Waals surface area contributed by atoms with Crippen molar-refractivity contribution in [2.45, 2.75) is 26.9 Å². The smallest absolute Gasteiger partial charge is 0.113 e. The summed E-state index contributed by atoms with van der Waals surface area (Å²) in [5.41, 5.74) is 2.97. The van der Waals surface area contributed by atoms with Crippen LogP contribution in [-0.2, 0) is 0 Å². The molecule has 1 aliphatic rings. The lowest BCUT2D eigenvalue weighted by molar-refractivity contribution is 0.296. The fourth-order valence-corrected chi connectivity index (χ4v) is 1.02. The number of hydrogen-bond acceptors (Lipinski definition) is 3. The molecule has 0 amide bonds. The fourth-order valence-electron chi connectivity index (χ4n) is 1.02. The molecule has 1 unspecified atom stereocenters. The average molecular weight is 141 g/mol. The number of hydrogen-bond donors (Lipinski definition) is 1. The average Bonchev–Trinajstić information content (AvgIpc) is 2.15. The summed E-state index contributed by atoms with van der Waals surface area (Å²) >= 11 is 0. The Morgan fingerprint density at radius 2 is 2.40 bits per heavy atom. The molecule has 0 spiro atoms. The molecule has 0 fully saturated rings. The van der Waals surface area contributed by atoms with Gasteiger partial charge in [0.25, 0.3) is 0 Å². The molecular weight excluding hydrogens is 126 g/mol. The third-order valence-electron chi connectivity index (χ3n) is 1.54. The van der Waals surface area contributed by atoms with Crippen LogP contribution in [0, 0.1) is 5.92 Å². The first-order chi connectivity index (χ1) is 4.70. The molecule has 0 saturated carbocycles. The Bertz CT molecular complexity index is 131. The van der Waals surface area contributed by atoms with Gasteiger partial charge >= 0.3 is 0 Å². The van der Waals surface area contributed by atoms with E-state index in [0.717, 1.165) is 6.54 Å². The Balaban J connectivity index is 2.33. The Hall–Kier alpha value is -0.730. The normalized spacial score (nSPS) is 24.0. The highest BCUT2D eigenvalue weighted by Gasteiger charge is 2.14. The Morgan fingerprint density at radius 1 is 1.70 bits per heavy atom. The van der Waals surface area contributed by atoms with Crippen molar-refractivity contribution in [2.24, 2.45) is 11.0 Å². The quantitative estimate of drug-likeness (QED) is 0.617. The van der Waals surface area contributed by atoms with Crippen molar-refractivity contribution < 1.29 is 0 Å². The van der Waals surface area contributed by atoms with E-state index in [0.29, 0.717) is 12.1 Å². The minimum atomic E-state index is 0.377. The first kappa shape index (κ1) is 7.38. The molecule has 1 N–H and O–H groups in total. The standard InChI is InChI=1S/C7H15N3/c1-6(2)4-10-5-8-9-7(10)3/h5-7,9H,4H2,1-3H3. The van der Waals surface area contributed by atoms with Crippen LogP contribution >= 0.6 is 0 Å². The van der Waals surface area contributed by atoms with E-state index in [1.807, 2.05) is 6.34 Å². The zero-order valence-electron chi connectivity index (χ0n) is 6.83. The van der Waals surface area contributed by atoms with Crippen LogP contribution in [0.15, 0.2) is 5.10 Å². The van der Waals surface area contributed by atoms with Gasteiger partial charge in [-0.2, -0.15) is 5.10 Å². The number of nitrogens with one attached hydrogen (secondary N) is 1. The summed E-state index contributed by atoms with van der Waals surface area (Å²) in [5.74, 6) is 0.703. The zero-order valence-corrected chi connectivity index (χ0v) is 6.83. The lowest BCUT2D eigenvalue weighted by atomic mass is 10.2. The molecule has 1 atom stereocenters. The fraction of sp³-hybridized carbons (Fsp3) is 0.857. The maximum Gasteiger partial charge on any atom is 0.113 e. The van der Waals surface area contributed by atoms with E-state index in [1.165, 1.54) is 0 Å². The van der Waals surface area contributed by atoms with Crippen LogP contribution < -0.4 is 5.43 Å². The molecule has 0 aliphatic carbocycles. The van der Waals surface area contributed by atoms with Gasteiger partial charge < -0.3 is 4.90 Å². The molecular formula is C7H15N3. The van der Waals surface area contributed by atoms with E-state index in [1.54, 1.807) is 0 Å². The van der Waals surface area contributed by atoms with E-state index in [2.05, 4.69) is 36.2 Å². The molecule has 1 heterocycles. The van der Waals surface area contributed by atoms with Crippen molar-refractivity contribution >= 4 is 6.34 Å². The van der Waals surface area contributed by atoms with Gasteiger partial charge in [0, 0.05) is 6.54 Å². The minimum absolute atomic E-state index is 0.377. The summed E-state index contributed by atoms with van der Waals surface area (Å²) in [6.45, 7) is 7.60. The summed E-state index contributed by atoms with van der Waals surface area (Å²) in [6, 6.07) is 0. The van der Waals surface area contributed by atoms with Crippen LogP contribution in [-0.4, -0.2) is 23.9 Å². The highest BCUT2D eigenvalue weighted by atomic mass is 15.5. The maximum absolute atomic E-state index is 3.95. The van der Waals surface area contributed by atoms with Gasteiger partial charge in [-0.15, -0.1) is 0 Å². The van der Waals surface area contributed by atoms with Crippen LogP contribution in [0.5, 0.6) is 0 Å². The van der Waals surface area contributed by atoms with Crippen LogP contribution in [0.25, 0.3) is 0 Å². The highest BCUT2D eigenvalue weighted by Crippen LogP contribution is 2.03. The number of rotatable bonds is 2. The van der Waals surface area contributed by atoms with Crippen LogP contribution in [0.4, 0.5) is 0 Å². The largest absolute Gasteiger partial charge is 0.340 e. The molecule has 3 nitrogen and oxygen atoms in total. The van der Waals surface area contributed by atoms with E-state index < -0.39 is 0 Å². The monoisotopic (exact) mass is 141 g/mol. The van der Waals surface area contributed by atoms with E-state index in [9.17, 15) is 0 Å². The zero-order chi connectivity index (χ0) is 7.56. The SMILES string of the molecule is CC(C)CN1C=NNC1C. The van der Waals surface area contributed by atoms with Gasteiger partial charge in [0.15, 0.2) is 0 Å². The number of nitrogens with zero attached hydrogens (tertiary/aromatic N) is 2. The summed E-state index contributed by atoms with van der Waals surface area (Å²) < 4.78 is 0. The molecule has 0 aromatic rings. The molecule has 0 aromatic heterocycles. The third-order valence-corrected chi connectivity index (χ3v) is 1.54. The van der Waals surface area contributed by atoms with Gasteiger partial charge in [0.1, 0.15) is 12.5 Å². The van der Waals surface area contributed by atoms with Gasteiger partial charge in [-0.3, -0.25) is 5.43 Å². The second-order valence-electron chi connectivity index (χ2n) is 3.14. The second kappa shape index (κ2) is 2.90. The maximum atomic E-state index is 3.95. The molecule has 10 heavy (non-hydrogen) atoms. The van der Waals surface area contributed by atoms with Gasteiger partial charge in [0.05, 0.1) is 0 Å². The first-order valence-electron chi connectivity index (χ1n) is 3.74. The van der Waals surface area contributed by atoms with Gasteiger partial charge in [-0.05, 0) is 12.8 Å². The van der Waals surface area contributed by atoms with Crippen molar-refractivity contribution in [1.29, 1.82) is 0 Å². The Morgan fingerprint density at radius 3 is 2.80 bits per heavy atom. The third kappa shape index (κ3) is 1.62. The predicted octanol–water partition coefficient (Wildman–Crippen LogP) is 0.837. The van der Waals surface area contributed by atoms with Crippen molar-refractivity contribution in [3.63, 3.8) is 0 Å². The summed E-state index contributed by atoms with van der Waals surface area (Å²) in [6.07, 6.45) is 2.24. The molecule has 1 aliphatic heterocycles. The van der Waals surface area contributed by atoms with Gasteiger partial charge in [-0.25, -0.2) is 0 Å². The lowest BCUT2D eigenvalue weighted by Gasteiger charge is -2.21. The summed E-state index contributed by atoms with van der Waals surface area (Å²) in [7, 11) is 0. The molecule has 3 heteroatoms. The Labute approximate surface area is 62.1 Å². The van der Waals surface area contributed by atoms with Crippen molar-refractivity contribution in [1.82, 2.24) is 10.3 Å². The van der Waals surface area contributed by atoms with Crippen LogP contribution in [0.1, 0.15) is 20.8 Å². The van der Waals surface area contributed by atoms with Crippen molar-refractivity contribution in [3.8, 4) is 0 Å². The van der Waals surface area contributed by atoms with E-state index in [4.69, 9.17) is 0 Å². The predicted molar refractivity (Wildman–Crippen MR) is 42.6 cm³/mol. The molecule has 0 bridgehead atoms. The van der Waals surface area contributed by atoms with E-state index >= 15 is 0 Å². The first-order valence-corrected chi connectivity index (χ1v) is 3.74. The van der Waals surface area contributed by atoms with Gasteiger partial charge in [-0.1, -0.05) is 13.8 Å². The summed E-state index contributed by atoms with van der Waals surface area (Å²) in [5, 5.41) is 3.95. The van der Waals surface area contributed by atoms with Crippen LogP contribution in [0.3, 0.4) is 0 Å². The molecule has 1 rings (SSSR count). The minimum Gasteiger partial charge on any atom is -0.340 e. The lowest BCUT2D eigenvalue weighted by Crippen LogP contribution is -2.36. The molecule has 0 radical (unpaired) electrons. The Kier molecular flexibility index (Phi) is 2.14. The molecule has 58 valence electrons. The van der Waals surface area contributed by atoms with Crippen molar-refractivity contribution in [3.05, 3.63) is 0 Å².